The lowest BCUT2D eigenvalue weighted by atomic mass is 10.0. The Morgan fingerprint density at radius 3 is 2.56 bits per heavy atom. The maximum absolute atomic E-state index is 12.1. The van der Waals surface area contributed by atoms with Gasteiger partial charge in [-0.3, -0.25) is 9.59 Å². The van der Waals surface area contributed by atoms with Crippen LogP contribution in [-0.4, -0.2) is 31.9 Å². The molecule has 3 rings (SSSR count). The predicted molar refractivity (Wildman–Crippen MR) is 90.9 cm³/mol. The fraction of sp³-hybridized carbons (Fsp3) is 0.125. The van der Waals surface area contributed by atoms with Gasteiger partial charge in [-0.25, -0.2) is 8.42 Å². The maximum atomic E-state index is 12.1. The molecule has 0 saturated heterocycles. The summed E-state index contributed by atoms with van der Waals surface area (Å²) in [6.07, 6.45) is 0. The average Bonchev–Trinajstić information content (AvgIpc) is 2.93. The smallest absolute Gasteiger partial charge is 0.318 e. The highest BCUT2D eigenvalue weighted by Crippen LogP contribution is 2.30. The molecule has 25 heavy (non-hydrogen) atoms. The van der Waals surface area contributed by atoms with Gasteiger partial charge in [0.1, 0.15) is 11.4 Å². The van der Waals surface area contributed by atoms with Crippen LogP contribution in [0.2, 0.25) is 5.02 Å². The van der Waals surface area contributed by atoms with Crippen LogP contribution in [0.5, 0.6) is 0 Å². The number of carboxylic acids is 1. The van der Waals surface area contributed by atoms with Crippen LogP contribution in [-0.2, 0) is 21.4 Å². The number of carbonyl (C=O) groups excluding carboxylic acids is 1. The first kappa shape index (κ1) is 17.4. The van der Waals surface area contributed by atoms with Crippen molar-refractivity contribution >= 4 is 33.5 Å². The summed E-state index contributed by atoms with van der Waals surface area (Å²) < 4.78 is 26.1. The fourth-order valence-corrected chi connectivity index (χ4v) is 4.04. The van der Waals surface area contributed by atoms with Crippen molar-refractivity contribution in [2.45, 2.75) is 11.4 Å². The number of sulfonamides is 1. The number of carbonyl (C=O) groups is 2. The lowest BCUT2D eigenvalue weighted by molar-refractivity contribution is -0.135. The third kappa shape index (κ3) is 3.51. The Kier molecular flexibility index (Phi) is 4.51. The van der Waals surface area contributed by atoms with E-state index < -0.39 is 22.5 Å². The summed E-state index contributed by atoms with van der Waals surface area (Å²) in [6, 6.07) is 9.69. The minimum atomic E-state index is -4.03. The molecule has 0 spiro atoms. The van der Waals surface area contributed by atoms with Crippen LogP contribution in [0.4, 0.5) is 0 Å². The highest BCUT2D eigenvalue weighted by Gasteiger charge is 2.21. The van der Waals surface area contributed by atoms with E-state index in [9.17, 15) is 18.0 Å². The molecule has 0 saturated carbocycles. The molecule has 1 amide bonds. The van der Waals surface area contributed by atoms with Crippen LogP contribution in [0, 0.1) is 0 Å². The number of rotatable bonds is 5. The summed E-state index contributed by atoms with van der Waals surface area (Å²) in [6.45, 7) is -0.248. The molecule has 3 N–H and O–H groups in total. The summed E-state index contributed by atoms with van der Waals surface area (Å²) in [4.78, 5) is 22.1. The normalized spacial score (nSPS) is 13.4. The molecule has 0 radical (unpaired) electrons. The second-order valence-electron chi connectivity index (χ2n) is 5.42. The van der Waals surface area contributed by atoms with Gasteiger partial charge in [0, 0.05) is 12.1 Å². The minimum Gasteiger partial charge on any atom is -0.480 e. The van der Waals surface area contributed by atoms with Crippen molar-refractivity contribution in [1.82, 2.24) is 10.0 Å². The van der Waals surface area contributed by atoms with Crippen molar-refractivity contribution in [3.05, 3.63) is 52.5 Å². The van der Waals surface area contributed by atoms with Gasteiger partial charge in [0.25, 0.3) is 5.91 Å². The monoisotopic (exact) mass is 380 g/mol. The topological polar surface area (TPSA) is 113 Å². The molecule has 7 nitrogen and oxygen atoms in total. The van der Waals surface area contributed by atoms with Crippen LogP contribution in [0.25, 0.3) is 11.1 Å². The zero-order valence-electron chi connectivity index (χ0n) is 12.7. The van der Waals surface area contributed by atoms with Crippen LogP contribution in [0.15, 0.2) is 41.3 Å². The van der Waals surface area contributed by atoms with Crippen LogP contribution >= 0.6 is 11.6 Å². The molecule has 130 valence electrons. The van der Waals surface area contributed by atoms with Gasteiger partial charge in [-0.15, -0.1) is 0 Å². The number of hydrogen-bond acceptors (Lipinski definition) is 4. The zero-order chi connectivity index (χ0) is 18.2. The Hall–Kier alpha value is -2.42. The Bertz CT molecular complexity index is 988. The molecule has 9 heteroatoms. The first-order valence-corrected chi connectivity index (χ1v) is 9.06. The van der Waals surface area contributed by atoms with E-state index in [-0.39, 0.29) is 15.8 Å². The van der Waals surface area contributed by atoms with E-state index in [1.54, 1.807) is 12.1 Å². The van der Waals surface area contributed by atoms with Crippen molar-refractivity contribution in [3.63, 3.8) is 0 Å². The quantitative estimate of drug-likeness (QED) is 0.729. The largest absolute Gasteiger partial charge is 0.480 e. The molecule has 0 aromatic heterocycles. The van der Waals surface area contributed by atoms with E-state index in [0.29, 0.717) is 17.7 Å². The molecule has 0 atom stereocenters. The first-order chi connectivity index (χ1) is 11.8. The summed E-state index contributed by atoms with van der Waals surface area (Å²) in [5.74, 6) is -1.45. The van der Waals surface area contributed by atoms with Crippen molar-refractivity contribution < 1.29 is 23.1 Å². The van der Waals surface area contributed by atoms with Gasteiger partial charge in [0.2, 0.25) is 10.0 Å². The molecule has 1 aliphatic rings. The molecule has 2 aromatic rings. The Labute approximate surface area is 148 Å². The van der Waals surface area contributed by atoms with Gasteiger partial charge in [-0.2, -0.15) is 4.72 Å². The number of benzene rings is 2. The summed E-state index contributed by atoms with van der Waals surface area (Å²) in [5, 5.41) is 11.3. The van der Waals surface area contributed by atoms with Crippen LogP contribution in [0.1, 0.15) is 15.9 Å². The Balaban J connectivity index is 1.94. The van der Waals surface area contributed by atoms with Gasteiger partial charge in [0.05, 0.1) is 5.02 Å². The molecule has 0 unspecified atom stereocenters. The second kappa shape index (κ2) is 6.47. The van der Waals surface area contributed by atoms with Crippen LogP contribution in [0.3, 0.4) is 0 Å². The average molecular weight is 381 g/mol. The molecule has 1 heterocycles. The van der Waals surface area contributed by atoms with Gasteiger partial charge >= 0.3 is 5.97 Å². The van der Waals surface area contributed by atoms with E-state index in [1.165, 1.54) is 12.1 Å². The number of halogens is 1. The summed E-state index contributed by atoms with van der Waals surface area (Å²) >= 11 is 6.08. The Morgan fingerprint density at radius 1 is 1.20 bits per heavy atom. The zero-order valence-corrected chi connectivity index (χ0v) is 14.3. The molecule has 2 aromatic carbocycles. The highest BCUT2D eigenvalue weighted by molar-refractivity contribution is 7.89. The van der Waals surface area contributed by atoms with E-state index in [0.717, 1.165) is 11.1 Å². The third-order valence-electron chi connectivity index (χ3n) is 3.76. The number of aliphatic carboxylic acids is 1. The number of nitrogens with one attached hydrogen (secondary N) is 2. The van der Waals surface area contributed by atoms with E-state index in [1.807, 2.05) is 16.9 Å². The van der Waals surface area contributed by atoms with Gasteiger partial charge in [-0.05, 0) is 34.9 Å². The van der Waals surface area contributed by atoms with Crippen molar-refractivity contribution in [2.24, 2.45) is 0 Å². The molecular weight excluding hydrogens is 368 g/mol. The number of hydrogen-bond donors (Lipinski definition) is 3. The van der Waals surface area contributed by atoms with E-state index in [4.69, 9.17) is 16.7 Å². The lowest BCUT2D eigenvalue weighted by Crippen LogP contribution is -2.29. The highest BCUT2D eigenvalue weighted by atomic mass is 35.5. The second-order valence-corrected chi connectivity index (χ2v) is 7.56. The van der Waals surface area contributed by atoms with E-state index in [2.05, 4.69) is 5.32 Å². The molecule has 1 aliphatic heterocycles. The van der Waals surface area contributed by atoms with E-state index >= 15 is 0 Å². The lowest BCUT2D eigenvalue weighted by Gasteiger charge is -2.09. The van der Waals surface area contributed by atoms with Crippen molar-refractivity contribution in [3.8, 4) is 11.1 Å². The number of fused-ring (bicyclic) bond motifs is 1. The third-order valence-corrected chi connectivity index (χ3v) is 5.65. The molecule has 0 aliphatic carbocycles. The predicted octanol–water partition coefficient (Wildman–Crippen LogP) is 1.61. The van der Waals surface area contributed by atoms with Gasteiger partial charge in [0.15, 0.2) is 0 Å². The summed E-state index contributed by atoms with van der Waals surface area (Å²) in [5.41, 5.74) is 2.84. The van der Waals surface area contributed by atoms with Gasteiger partial charge in [-0.1, -0.05) is 29.8 Å². The molecular formula is C16H13ClN2O5S. The SMILES string of the molecule is O=C(O)CNS(=O)(=O)c1ccc(-c2ccc3c(c2)C(=O)NC3)cc1Cl. The Morgan fingerprint density at radius 2 is 1.88 bits per heavy atom. The van der Waals surface area contributed by atoms with Crippen molar-refractivity contribution in [1.29, 1.82) is 0 Å². The van der Waals surface area contributed by atoms with Gasteiger partial charge < -0.3 is 10.4 Å². The summed E-state index contributed by atoms with van der Waals surface area (Å²) in [7, 11) is -4.03. The number of amides is 1. The molecule has 0 bridgehead atoms. The standard InChI is InChI=1S/C16H13ClN2O5S/c17-13-6-10(3-4-14(13)25(23,24)19-8-15(20)21)9-1-2-11-7-18-16(22)12(11)5-9/h1-6,19H,7-8H2,(H,18,22)(H,20,21). The number of carboxylic acid groups (broad SMARTS) is 1. The first-order valence-electron chi connectivity index (χ1n) is 7.20. The van der Waals surface area contributed by atoms with Crippen molar-refractivity contribution in [2.75, 3.05) is 6.54 Å². The van der Waals surface area contributed by atoms with Crippen LogP contribution < -0.4 is 10.0 Å². The fourth-order valence-electron chi connectivity index (χ4n) is 2.53. The minimum absolute atomic E-state index is 0.0414. The maximum Gasteiger partial charge on any atom is 0.318 e. The molecule has 0 fully saturated rings.